The third-order valence-corrected chi connectivity index (χ3v) is 6.39. The highest BCUT2D eigenvalue weighted by molar-refractivity contribution is 7.10. The smallest absolute Gasteiger partial charge is 0.317 e. The van der Waals surface area contributed by atoms with Crippen LogP contribution in [0.4, 0.5) is 4.79 Å². The van der Waals surface area contributed by atoms with Gasteiger partial charge < -0.3 is 10.2 Å². The van der Waals surface area contributed by atoms with Crippen molar-refractivity contribution in [3.8, 4) is 0 Å². The van der Waals surface area contributed by atoms with Crippen LogP contribution < -0.4 is 5.32 Å². The second kappa shape index (κ2) is 8.32. The number of likely N-dealkylation sites (N-methyl/N-ethyl adjacent to an activating group) is 1. The third kappa shape index (κ3) is 4.10. The van der Waals surface area contributed by atoms with Crippen LogP contribution in [0.3, 0.4) is 0 Å². The van der Waals surface area contributed by atoms with Gasteiger partial charge in [0.2, 0.25) is 0 Å². The molecule has 0 saturated carbocycles. The Hall–Kier alpha value is -1.11. The first-order valence-electron chi connectivity index (χ1n) is 9.25. The van der Waals surface area contributed by atoms with Crippen LogP contribution in [0, 0.1) is 0 Å². The summed E-state index contributed by atoms with van der Waals surface area (Å²) >= 11 is 1.87. The highest BCUT2D eigenvalue weighted by Gasteiger charge is 2.29. The molecule has 0 bridgehead atoms. The number of amides is 2. The van der Waals surface area contributed by atoms with Crippen LogP contribution in [-0.4, -0.2) is 72.6 Å². The van der Waals surface area contributed by atoms with E-state index in [0.717, 1.165) is 65.2 Å². The zero-order valence-corrected chi connectivity index (χ0v) is 15.8. The number of carbonyl (C=O) groups is 1. The van der Waals surface area contributed by atoms with E-state index in [1.165, 1.54) is 10.4 Å². The molecule has 2 aliphatic rings. The van der Waals surface area contributed by atoms with E-state index in [-0.39, 0.29) is 6.03 Å². The van der Waals surface area contributed by atoms with Crippen molar-refractivity contribution < 1.29 is 4.79 Å². The Morgan fingerprint density at radius 2 is 2.21 bits per heavy atom. The number of nitrogens with zero attached hydrogens (tertiary/aromatic N) is 3. The lowest BCUT2D eigenvalue weighted by atomic mass is 10.1. The zero-order chi connectivity index (χ0) is 16.9. The largest absolute Gasteiger partial charge is 0.337 e. The number of nitrogens with one attached hydrogen (secondary N) is 1. The van der Waals surface area contributed by atoms with Crippen molar-refractivity contribution in [2.45, 2.75) is 39.3 Å². The molecule has 5 nitrogen and oxygen atoms in total. The maximum absolute atomic E-state index is 12.4. The minimum atomic E-state index is 0.109. The Kier molecular flexibility index (Phi) is 6.14. The summed E-state index contributed by atoms with van der Waals surface area (Å²) in [5.74, 6) is 0. The lowest BCUT2D eigenvalue weighted by molar-refractivity contribution is 0.190. The number of likely N-dealkylation sites (tertiary alicyclic amines) is 1. The van der Waals surface area contributed by atoms with Crippen LogP contribution >= 0.6 is 11.3 Å². The van der Waals surface area contributed by atoms with Crippen molar-refractivity contribution >= 4 is 17.4 Å². The molecular weight excluding hydrogens is 320 g/mol. The molecule has 134 valence electrons. The van der Waals surface area contributed by atoms with Crippen molar-refractivity contribution in [2.75, 3.05) is 45.8 Å². The van der Waals surface area contributed by atoms with E-state index in [1.54, 1.807) is 0 Å². The topological polar surface area (TPSA) is 38.8 Å². The summed E-state index contributed by atoms with van der Waals surface area (Å²) < 4.78 is 0. The first kappa shape index (κ1) is 17.7. The average molecular weight is 351 g/mol. The Labute approximate surface area is 149 Å². The monoisotopic (exact) mass is 350 g/mol. The summed E-state index contributed by atoms with van der Waals surface area (Å²) in [5.41, 5.74) is 1.47. The second-order valence-electron chi connectivity index (χ2n) is 6.74. The SMILES string of the molecule is CCN(CC)C1CCN(C(=O)NCCN2CCc3sccc3C2)C1. The minimum Gasteiger partial charge on any atom is -0.337 e. The van der Waals surface area contributed by atoms with Crippen LogP contribution in [0.15, 0.2) is 11.4 Å². The molecule has 0 radical (unpaired) electrons. The Morgan fingerprint density at radius 1 is 1.38 bits per heavy atom. The standard InChI is InChI=1S/C18H30N4OS/c1-3-21(4-2)16-5-10-22(14-16)18(23)19-8-11-20-9-6-17-15(13-20)7-12-24-17/h7,12,16H,3-6,8-11,13-14H2,1-2H3,(H,19,23). The molecule has 1 N–H and O–H groups in total. The van der Waals surface area contributed by atoms with Crippen LogP contribution in [0.1, 0.15) is 30.7 Å². The number of carbonyl (C=O) groups excluding carboxylic acids is 1. The second-order valence-corrected chi connectivity index (χ2v) is 7.74. The van der Waals surface area contributed by atoms with E-state index < -0.39 is 0 Å². The predicted octanol–water partition coefficient (Wildman–Crippen LogP) is 2.23. The van der Waals surface area contributed by atoms with Gasteiger partial charge in [-0.25, -0.2) is 4.79 Å². The molecule has 24 heavy (non-hydrogen) atoms. The number of urea groups is 1. The molecule has 1 atom stereocenters. The van der Waals surface area contributed by atoms with Crippen LogP contribution in [-0.2, 0) is 13.0 Å². The molecule has 1 saturated heterocycles. The fourth-order valence-electron chi connectivity index (χ4n) is 3.89. The van der Waals surface area contributed by atoms with Crippen molar-refractivity contribution in [1.82, 2.24) is 20.0 Å². The van der Waals surface area contributed by atoms with E-state index in [0.29, 0.717) is 6.04 Å². The Balaban J connectivity index is 1.38. The number of rotatable bonds is 6. The van der Waals surface area contributed by atoms with Gasteiger partial charge in [-0.15, -0.1) is 11.3 Å². The maximum Gasteiger partial charge on any atom is 0.317 e. The first-order chi connectivity index (χ1) is 11.7. The molecule has 2 aliphatic heterocycles. The average Bonchev–Trinajstić information content (AvgIpc) is 3.25. The minimum absolute atomic E-state index is 0.109. The van der Waals surface area contributed by atoms with Crippen molar-refractivity contribution in [3.63, 3.8) is 0 Å². The summed E-state index contributed by atoms with van der Waals surface area (Å²) in [5, 5.41) is 5.30. The van der Waals surface area contributed by atoms with Gasteiger partial charge in [-0.2, -0.15) is 0 Å². The molecule has 0 aromatic carbocycles. The van der Waals surface area contributed by atoms with Gasteiger partial charge in [0.15, 0.2) is 0 Å². The van der Waals surface area contributed by atoms with E-state index in [4.69, 9.17) is 0 Å². The maximum atomic E-state index is 12.4. The zero-order valence-electron chi connectivity index (χ0n) is 15.0. The molecule has 1 unspecified atom stereocenters. The van der Waals surface area contributed by atoms with Gasteiger partial charge in [0.05, 0.1) is 0 Å². The van der Waals surface area contributed by atoms with Crippen LogP contribution in [0.25, 0.3) is 0 Å². The van der Waals surface area contributed by atoms with Crippen molar-refractivity contribution in [2.24, 2.45) is 0 Å². The quantitative estimate of drug-likeness (QED) is 0.855. The van der Waals surface area contributed by atoms with E-state index in [1.807, 2.05) is 16.2 Å². The molecular formula is C18H30N4OS. The molecule has 1 aromatic rings. The lowest BCUT2D eigenvalue weighted by Gasteiger charge is -2.28. The molecule has 3 heterocycles. The van der Waals surface area contributed by atoms with Gasteiger partial charge in [-0.1, -0.05) is 13.8 Å². The fraction of sp³-hybridized carbons (Fsp3) is 0.722. The summed E-state index contributed by atoms with van der Waals surface area (Å²) in [4.78, 5) is 20.8. The van der Waals surface area contributed by atoms with Crippen LogP contribution in [0.2, 0.25) is 0 Å². The Bertz CT molecular complexity index is 543. The predicted molar refractivity (Wildman–Crippen MR) is 99.6 cm³/mol. The fourth-order valence-corrected chi connectivity index (χ4v) is 4.78. The highest BCUT2D eigenvalue weighted by atomic mass is 32.1. The number of hydrogen-bond acceptors (Lipinski definition) is 4. The first-order valence-corrected chi connectivity index (χ1v) is 10.1. The van der Waals surface area contributed by atoms with E-state index >= 15 is 0 Å². The van der Waals surface area contributed by atoms with Gasteiger partial charge >= 0.3 is 6.03 Å². The number of hydrogen-bond donors (Lipinski definition) is 1. The van der Waals surface area contributed by atoms with E-state index in [9.17, 15) is 4.79 Å². The van der Waals surface area contributed by atoms with Gasteiger partial charge in [-0.05, 0) is 42.9 Å². The molecule has 6 heteroatoms. The van der Waals surface area contributed by atoms with Crippen molar-refractivity contribution in [3.05, 3.63) is 21.9 Å². The molecule has 3 rings (SSSR count). The van der Waals surface area contributed by atoms with Gasteiger partial charge in [0, 0.05) is 50.2 Å². The lowest BCUT2D eigenvalue weighted by Crippen LogP contribution is -2.44. The summed E-state index contributed by atoms with van der Waals surface area (Å²) in [6.07, 6.45) is 2.25. The highest BCUT2D eigenvalue weighted by Crippen LogP contribution is 2.23. The number of fused-ring (bicyclic) bond motifs is 1. The summed E-state index contributed by atoms with van der Waals surface area (Å²) in [6, 6.07) is 2.88. The molecule has 0 aliphatic carbocycles. The van der Waals surface area contributed by atoms with Gasteiger partial charge in [-0.3, -0.25) is 9.80 Å². The van der Waals surface area contributed by atoms with Gasteiger partial charge in [0.25, 0.3) is 0 Å². The molecule has 1 fully saturated rings. The summed E-state index contributed by atoms with van der Waals surface area (Å²) in [6.45, 7) is 12.1. The normalized spacial score (nSPS) is 21.3. The number of thiophene rings is 1. The van der Waals surface area contributed by atoms with Crippen molar-refractivity contribution in [1.29, 1.82) is 0 Å². The Morgan fingerprint density at radius 3 is 3.00 bits per heavy atom. The van der Waals surface area contributed by atoms with E-state index in [2.05, 4.69) is 40.4 Å². The third-order valence-electron chi connectivity index (χ3n) is 5.37. The van der Waals surface area contributed by atoms with Gasteiger partial charge in [0.1, 0.15) is 0 Å². The molecule has 1 aromatic heterocycles. The summed E-state index contributed by atoms with van der Waals surface area (Å²) in [7, 11) is 0. The van der Waals surface area contributed by atoms with Crippen LogP contribution in [0.5, 0.6) is 0 Å². The molecule has 0 spiro atoms. The molecule has 2 amide bonds.